The number of aromatic nitrogens is 4. The normalized spacial score (nSPS) is 24.5. The van der Waals surface area contributed by atoms with Gasteiger partial charge >= 0.3 is 0 Å². The molecule has 0 spiro atoms. The first kappa shape index (κ1) is 24.6. The van der Waals surface area contributed by atoms with Crippen molar-refractivity contribution in [1.82, 2.24) is 24.2 Å². The molecule has 0 radical (unpaired) electrons. The Morgan fingerprint density at radius 3 is 2.74 bits per heavy atom. The molecule has 1 aliphatic heterocycles. The summed E-state index contributed by atoms with van der Waals surface area (Å²) in [6, 6.07) is 2.01. The smallest absolute Gasteiger partial charge is 0.214 e. The number of piperidine rings is 1. The molecular formula is C26H37N5O3S. The van der Waals surface area contributed by atoms with Crippen molar-refractivity contribution >= 4 is 32.0 Å². The van der Waals surface area contributed by atoms with Crippen LogP contribution in [0.2, 0.25) is 0 Å². The maximum atomic E-state index is 13.3. The van der Waals surface area contributed by atoms with Crippen LogP contribution in [0.5, 0.6) is 0 Å². The number of fused-ring (bicyclic) bond motifs is 3. The second-order valence-corrected chi connectivity index (χ2v) is 12.8. The number of hydrogen-bond acceptors (Lipinski definition) is 6. The highest BCUT2D eigenvalue weighted by atomic mass is 32.2. The van der Waals surface area contributed by atoms with E-state index in [-0.39, 0.29) is 17.8 Å². The Morgan fingerprint density at radius 1 is 1.17 bits per heavy atom. The number of rotatable bonds is 7. The lowest BCUT2D eigenvalue weighted by molar-refractivity contribution is 0.00547. The zero-order valence-electron chi connectivity index (χ0n) is 21.0. The average Bonchev–Trinajstić information content (AvgIpc) is 3.32. The minimum atomic E-state index is -3.28. The first-order valence-electron chi connectivity index (χ1n) is 13.0. The Bertz CT molecular complexity index is 1280. The summed E-state index contributed by atoms with van der Waals surface area (Å²) in [7, 11) is -3.28. The molecule has 8 nitrogen and oxygen atoms in total. The molecule has 1 aliphatic carbocycles. The van der Waals surface area contributed by atoms with Crippen LogP contribution in [0.3, 0.4) is 0 Å². The maximum Gasteiger partial charge on any atom is 0.214 e. The predicted octanol–water partition coefficient (Wildman–Crippen LogP) is 4.56. The highest BCUT2D eigenvalue weighted by Gasteiger charge is 2.34. The number of nitrogens with zero attached hydrogens (tertiary/aromatic N) is 4. The SMILES string of the molecule is Cc1nc2cnc3nccc3c2c(C2CCC(CS(=O)(=O)N3CCCC(OCC(C)C)C3)CC2)[nH]1. The Labute approximate surface area is 207 Å². The molecule has 3 aromatic heterocycles. The second kappa shape index (κ2) is 10.1. The van der Waals surface area contributed by atoms with Crippen LogP contribution in [0.4, 0.5) is 0 Å². The van der Waals surface area contributed by atoms with Gasteiger partial charge in [-0.3, -0.25) is 0 Å². The van der Waals surface area contributed by atoms with Gasteiger partial charge in [-0.15, -0.1) is 0 Å². The monoisotopic (exact) mass is 499 g/mol. The van der Waals surface area contributed by atoms with Gasteiger partial charge in [0.2, 0.25) is 10.0 Å². The van der Waals surface area contributed by atoms with Crippen molar-refractivity contribution in [1.29, 1.82) is 0 Å². The highest BCUT2D eigenvalue weighted by molar-refractivity contribution is 7.89. The number of ether oxygens (including phenoxy) is 1. The predicted molar refractivity (Wildman–Crippen MR) is 138 cm³/mol. The van der Waals surface area contributed by atoms with Crippen molar-refractivity contribution < 1.29 is 13.2 Å². The van der Waals surface area contributed by atoms with Crippen molar-refractivity contribution in [2.75, 3.05) is 25.4 Å². The van der Waals surface area contributed by atoms with E-state index in [0.717, 1.165) is 66.3 Å². The minimum Gasteiger partial charge on any atom is -0.377 e. The van der Waals surface area contributed by atoms with E-state index in [1.165, 1.54) is 5.69 Å². The number of sulfonamides is 1. The van der Waals surface area contributed by atoms with Gasteiger partial charge in [0.25, 0.3) is 0 Å². The Morgan fingerprint density at radius 2 is 1.97 bits per heavy atom. The molecule has 190 valence electrons. The molecule has 5 rings (SSSR count). The van der Waals surface area contributed by atoms with Crippen molar-refractivity contribution in [3.8, 4) is 0 Å². The first-order chi connectivity index (χ1) is 16.8. The van der Waals surface area contributed by atoms with Gasteiger partial charge in [0.15, 0.2) is 5.65 Å². The number of H-pyrrole nitrogens is 1. The lowest BCUT2D eigenvalue weighted by Gasteiger charge is -2.34. The summed E-state index contributed by atoms with van der Waals surface area (Å²) in [5.41, 5.74) is 2.82. The molecule has 35 heavy (non-hydrogen) atoms. The van der Waals surface area contributed by atoms with Crippen LogP contribution in [0.25, 0.3) is 21.9 Å². The summed E-state index contributed by atoms with van der Waals surface area (Å²) in [5.74, 6) is 2.13. The topological polar surface area (TPSA) is 101 Å². The fourth-order valence-corrected chi connectivity index (χ4v) is 7.67. The molecule has 4 heterocycles. The molecule has 2 aliphatic rings. The molecule has 0 aromatic carbocycles. The third-order valence-corrected chi connectivity index (χ3v) is 9.50. The summed E-state index contributed by atoms with van der Waals surface area (Å²) in [4.78, 5) is 17.0. The van der Waals surface area contributed by atoms with Gasteiger partial charge in [0.05, 0.1) is 23.6 Å². The first-order valence-corrected chi connectivity index (χ1v) is 14.6. The number of aryl methyl sites for hydroxylation is 1. The van der Waals surface area contributed by atoms with Crippen molar-refractivity contribution in [3.05, 3.63) is 30.0 Å². The second-order valence-electron chi connectivity index (χ2n) is 10.8. The fraction of sp³-hybridized carbons (Fsp3) is 0.654. The lowest BCUT2D eigenvalue weighted by atomic mass is 9.80. The summed E-state index contributed by atoms with van der Waals surface area (Å²) < 4.78 is 34.2. The number of nitrogens with one attached hydrogen (secondary N) is 1. The maximum absolute atomic E-state index is 13.3. The molecule has 3 aromatic rings. The number of aromatic amines is 1. The molecule has 0 amide bonds. The van der Waals surface area contributed by atoms with Gasteiger partial charge in [-0.2, -0.15) is 4.31 Å². The zero-order chi connectivity index (χ0) is 24.6. The molecule has 1 atom stereocenters. The summed E-state index contributed by atoms with van der Waals surface area (Å²) >= 11 is 0. The van der Waals surface area contributed by atoms with Crippen LogP contribution >= 0.6 is 0 Å². The van der Waals surface area contributed by atoms with E-state index in [9.17, 15) is 8.42 Å². The molecule has 2 fully saturated rings. The van der Waals surface area contributed by atoms with E-state index in [1.54, 1.807) is 10.5 Å². The van der Waals surface area contributed by atoms with Gasteiger partial charge in [0, 0.05) is 42.4 Å². The average molecular weight is 500 g/mol. The summed E-state index contributed by atoms with van der Waals surface area (Å²) in [5, 5.41) is 2.14. The van der Waals surface area contributed by atoms with Crippen molar-refractivity contribution in [2.45, 2.75) is 71.3 Å². The van der Waals surface area contributed by atoms with Gasteiger partial charge in [-0.25, -0.2) is 23.4 Å². The third kappa shape index (κ3) is 5.37. The number of pyridine rings is 1. The van der Waals surface area contributed by atoms with Crippen LogP contribution in [0, 0.1) is 18.8 Å². The fourth-order valence-electron chi connectivity index (χ4n) is 5.73. The van der Waals surface area contributed by atoms with Gasteiger partial charge < -0.3 is 9.72 Å². The molecule has 1 N–H and O–H groups in total. The summed E-state index contributed by atoms with van der Waals surface area (Å²) in [6.07, 6.45) is 9.20. The van der Waals surface area contributed by atoms with Gasteiger partial charge in [0.1, 0.15) is 5.82 Å². The Hall–Kier alpha value is -2.10. The largest absolute Gasteiger partial charge is 0.377 e. The molecule has 9 heteroatoms. The van der Waals surface area contributed by atoms with Crippen molar-refractivity contribution in [3.63, 3.8) is 0 Å². The highest BCUT2D eigenvalue weighted by Crippen LogP contribution is 2.39. The standard InChI is InChI=1S/C26H37N5O3S/c1-17(2)15-34-21-5-4-12-31(14-21)35(32,33)16-19-6-8-20(9-7-19)25-24-22-10-11-27-26(22)28-13-23(24)29-18(3)30-25/h10-11,13,17,19-21H,4-9,12,14-16H2,1-3H3,(H,29,30). The van der Waals surface area contributed by atoms with E-state index in [1.807, 2.05) is 19.2 Å². The number of hydrogen-bond donors (Lipinski definition) is 1. The van der Waals surface area contributed by atoms with E-state index in [4.69, 9.17) is 4.74 Å². The molecule has 1 saturated heterocycles. The van der Waals surface area contributed by atoms with Gasteiger partial charge in [-0.05, 0) is 69.3 Å². The van der Waals surface area contributed by atoms with Crippen LogP contribution in [-0.4, -0.2) is 64.2 Å². The molecule has 1 unspecified atom stereocenters. The molecule has 0 bridgehead atoms. The quantitative estimate of drug-likeness (QED) is 0.512. The van der Waals surface area contributed by atoms with Gasteiger partial charge in [-0.1, -0.05) is 13.8 Å². The zero-order valence-corrected chi connectivity index (χ0v) is 21.9. The summed E-state index contributed by atoms with van der Waals surface area (Å²) in [6.45, 7) is 8.03. The Kier molecular flexibility index (Phi) is 7.10. The van der Waals surface area contributed by atoms with Crippen LogP contribution in [0.15, 0.2) is 18.5 Å². The van der Waals surface area contributed by atoms with Crippen molar-refractivity contribution in [2.24, 2.45) is 11.8 Å². The minimum absolute atomic E-state index is 0.0208. The Balaban J connectivity index is 1.26. The van der Waals surface area contributed by atoms with Crippen LogP contribution in [0.1, 0.15) is 69.8 Å². The molecular weight excluding hydrogens is 462 g/mol. The van der Waals surface area contributed by atoms with E-state index >= 15 is 0 Å². The van der Waals surface area contributed by atoms with Crippen LogP contribution < -0.4 is 0 Å². The van der Waals surface area contributed by atoms with E-state index in [0.29, 0.717) is 31.5 Å². The third-order valence-electron chi connectivity index (χ3n) is 7.49. The molecule has 1 saturated carbocycles. The van der Waals surface area contributed by atoms with E-state index in [2.05, 4.69) is 33.8 Å². The van der Waals surface area contributed by atoms with Crippen LogP contribution in [-0.2, 0) is 14.8 Å². The lowest BCUT2D eigenvalue weighted by Crippen LogP contribution is -2.45. The van der Waals surface area contributed by atoms with E-state index < -0.39 is 10.0 Å².